The Balaban J connectivity index is 1.23. The number of aliphatic hydroxyl groups excluding tert-OH is 1. The largest absolute Gasteiger partial charge is 0.465 e. The number of fused-ring (bicyclic) bond motifs is 1. The first-order chi connectivity index (χ1) is 19.5. The van der Waals surface area contributed by atoms with Gasteiger partial charge in [-0.1, -0.05) is 18.2 Å². The van der Waals surface area contributed by atoms with Crippen molar-refractivity contribution in [2.75, 3.05) is 53.3 Å². The number of aliphatic hydroxyl groups is 1. The minimum Gasteiger partial charge on any atom is -0.465 e. The van der Waals surface area contributed by atoms with Crippen LogP contribution in [0.1, 0.15) is 46.7 Å². The molecular formula is C30H36N2O8. The van der Waals surface area contributed by atoms with Crippen molar-refractivity contribution in [3.05, 3.63) is 71.0 Å². The number of rotatable bonds is 10. The minimum absolute atomic E-state index is 0.105. The Morgan fingerprint density at radius 1 is 1.00 bits per heavy atom. The van der Waals surface area contributed by atoms with Crippen molar-refractivity contribution < 1.29 is 38.4 Å². The third-order valence-electron chi connectivity index (χ3n) is 7.39. The van der Waals surface area contributed by atoms with Crippen molar-refractivity contribution in [1.29, 1.82) is 0 Å². The van der Waals surface area contributed by atoms with Crippen LogP contribution in [0.4, 0.5) is 0 Å². The maximum atomic E-state index is 13.6. The highest BCUT2D eigenvalue weighted by Gasteiger charge is 2.32. The van der Waals surface area contributed by atoms with Gasteiger partial charge in [-0.2, -0.15) is 0 Å². The number of amides is 1. The van der Waals surface area contributed by atoms with Crippen LogP contribution in [0.5, 0.6) is 11.5 Å². The van der Waals surface area contributed by atoms with Crippen LogP contribution in [-0.2, 0) is 25.5 Å². The normalized spacial score (nSPS) is 20.6. The van der Waals surface area contributed by atoms with Gasteiger partial charge in [0.2, 0.25) is 13.1 Å². The highest BCUT2D eigenvalue weighted by Crippen LogP contribution is 2.34. The fourth-order valence-electron chi connectivity index (χ4n) is 5.12. The molecule has 5 rings (SSSR count). The van der Waals surface area contributed by atoms with E-state index in [-0.39, 0.29) is 31.0 Å². The highest BCUT2D eigenvalue weighted by atomic mass is 16.7. The molecule has 2 aromatic carbocycles. The van der Waals surface area contributed by atoms with Crippen LogP contribution in [0.2, 0.25) is 0 Å². The zero-order valence-corrected chi connectivity index (χ0v) is 22.8. The third-order valence-corrected chi connectivity index (χ3v) is 7.39. The summed E-state index contributed by atoms with van der Waals surface area (Å²) in [5.74, 6) is 1.16. The number of hydrogen-bond donors (Lipinski definition) is 1. The molecular weight excluding hydrogens is 516 g/mol. The second kappa shape index (κ2) is 13.2. The van der Waals surface area contributed by atoms with Gasteiger partial charge in [0.15, 0.2) is 17.3 Å². The number of ether oxygens (including phenoxy) is 5. The Hall–Kier alpha value is -3.60. The summed E-state index contributed by atoms with van der Waals surface area (Å²) in [5, 5.41) is 9.08. The minimum atomic E-state index is -0.583. The molecule has 40 heavy (non-hydrogen) atoms. The van der Waals surface area contributed by atoms with Gasteiger partial charge >= 0.3 is 5.97 Å². The highest BCUT2D eigenvalue weighted by molar-refractivity contribution is 5.92. The SMILES string of the molecule is COC(=O)c1ccc(C2C=C(C(=O)N3CCN(Cc4ccc5c(c4)OCO5)CC3)OC(OCCCCO)C2)cc1. The van der Waals surface area contributed by atoms with Gasteiger partial charge in [-0.05, 0) is 54.3 Å². The number of carbonyl (C=O) groups excluding carboxylic acids is 2. The molecule has 2 atom stereocenters. The molecule has 1 amide bonds. The summed E-state index contributed by atoms with van der Waals surface area (Å²) in [7, 11) is 1.35. The maximum Gasteiger partial charge on any atom is 0.337 e. The molecule has 1 N–H and O–H groups in total. The summed E-state index contributed by atoms with van der Waals surface area (Å²) < 4.78 is 27.7. The Morgan fingerprint density at radius 3 is 2.52 bits per heavy atom. The second-order valence-corrected chi connectivity index (χ2v) is 10.1. The average molecular weight is 553 g/mol. The molecule has 10 heteroatoms. The molecule has 3 aliphatic heterocycles. The summed E-state index contributed by atoms with van der Waals surface area (Å²) in [6.45, 7) is 4.22. The van der Waals surface area contributed by atoms with Gasteiger partial charge in [-0.15, -0.1) is 0 Å². The summed E-state index contributed by atoms with van der Waals surface area (Å²) in [5.41, 5.74) is 2.57. The van der Waals surface area contributed by atoms with Gasteiger partial charge in [0.05, 0.1) is 19.3 Å². The molecule has 0 aromatic heterocycles. The monoisotopic (exact) mass is 552 g/mol. The van der Waals surface area contributed by atoms with E-state index in [1.165, 1.54) is 7.11 Å². The van der Waals surface area contributed by atoms with E-state index in [1.54, 1.807) is 12.1 Å². The van der Waals surface area contributed by atoms with E-state index >= 15 is 0 Å². The van der Waals surface area contributed by atoms with Crippen molar-refractivity contribution in [2.45, 2.75) is 38.0 Å². The summed E-state index contributed by atoms with van der Waals surface area (Å²) in [6, 6.07) is 13.2. The zero-order valence-electron chi connectivity index (χ0n) is 22.8. The van der Waals surface area contributed by atoms with Crippen molar-refractivity contribution in [1.82, 2.24) is 9.80 Å². The lowest BCUT2D eigenvalue weighted by Gasteiger charge is -2.36. The smallest absolute Gasteiger partial charge is 0.337 e. The quantitative estimate of drug-likeness (QED) is 0.352. The summed E-state index contributed by atoms with van der Waals surface area (Å²) in [4.78, 5) is 29.6. The molecule has 0 radical (unpaired) electrons. The molecule has 1 saturated heterocycles. The lowest BCUT2D eigenvalue weighted by Crippen LogP contribution is -2.49. The van der Waals surface area contributed by atoms with Gasteiger partial charge in [-0.3, -0.25) is 9.69 Å². The number of allylic oxidation sites excluding steroid dienone is 1. The summed E-state index contributed by atoms with van der Waals surface area (Å²) in [6.07, 6.45) is 3.16. The fourth-order valence-corrected chi connectivity index (χ4v) is 5.12. The standard InChI is InChI=1S/C30H36N2O8/c1-36-30(35)23-7-5-22(6-8-23)24-17-27(40-28(18-24)37-15-3-2-14-33)29(34)32-12-10-31(11-13-32)19-21-4-9-25-26(16-21)39-20-38-25/h4-9,16-17,24,28,33H,2-3,10-15,18-20H2,1H3. The molecule has 2 unspecified atom stereocenters. The van der Waals surface area contributed by atoms with Gasteiger partial charge in [0.25, 0.3) is 5.91 Å². The lowest BCUT2D eigenvalue weighted by molar-refractivity contribution is -0.154. The topological polar surface area (TPSA) is 107 Å². The van der Waals surface area contributed by atoms with E-state index in [0.29, 0.717) is 44.5 Å². The van der Waals surface area contributed by atoms with Gasteiger partial charge in [0, 0.05) is 51.7 Å². The van der Waals surface area contributed by atoms with Crippen LogP contribution < -0.4 is 9.47 Å². The van der Waals surface area contributed by atoms with E-state index in [9.17, 15) is 9.59 Å². The number of carbonyl (C=O) groups is 2. The third kappa shape index (κ3) is 6.75. The Bertz CT molecular complexity index is 1210. The molecule has 0 aliphatic carbocycles. The van der Waals surface area contributed by atoms with Gasteiger partial charge in [0.1, 0.15) is 0 Å². The molecule has 1 fully saturated rings. The predicted octanol–water partition coefficient (Wildman–Crippen LogP) is 3.05. The number of piperazine rings is 1. The van der Waals surface area contributed by atoms with E-state index in [0.717, 1.165) is 42.3 Å². The first-order valence-corrected chi connectivity index (χ1v) is 13.7. The predicted molar refractivity (Wildman–Crippen MR) is 145 cm³/mol. The molecule has 0 spiro atoms. The van der Waals surface area contributed by atoms with E-state index in [2.05, 4.69) is 4.90 Å². The van der Waals surface area contributed by atoms with E-state index in [4.69, 9.17) is 28.8 Å². The molecule has 3 heterocycles. The number of hydrogen-bond acceptors (Lipinski definition) is 9. The van der Waals surface area contributed by atoms with Crippen LogP contribution in [0.15, 0.2) is 54.3 Å². The van der Waals surface area contributed by atoms with Crippen LogP contribution in [0.3, 0.4) is 0 Å². The van der Waals surface area contributed by atoms with Crippen molar-refractivity contribution in [3.63, 3.8) is 0 Å². The molecule has 3 aliphatic rings. The van der Waals surface area contributed by atoms with E-state index in [1.807, 2.05) is 41.3 Å². The number of nitrogens with zero attached hydrogens (tertiary/aromatic N) is 2. The molecule has 0 bridgehead atoms. The summed E-state index contributed by atoms with van der Waals surface area (Å²) >= 11 is 0. The maximum absolute atomic E-state index is 13.6. The first kappa shape index (κ1) is 27.9. The van der Waals surface area contributed by atoms with Crippen LogP contribution in [-0.4, -0.2) is 86.4 Å². The number of benzene rings is 2. The first-order valence-electron chi connectivity index (χ1n) is 13.7. The number of esters is 1. The zero-order chi connectivity index (χ0) is 27.9. The van der Waals surface area contributed by atoms with Crippen LogP contribution in [0.25, 0.3) is 0 Å². The van der Waals surface area contributed by atoms with Gasteiger partial charge < -0.3 is 33.7 Å². The fraction of sp³-hybridized carbons (Fsp3) is 0.467. The number of methoxy groups -OCH3 is 1. The molecule has 214 valence electrons. The van der Waals surface area contributed by atoms with Crippen molar-refractivity contribution in [3.8, 4) is 11.5 Å². The Morgan fingerprint density at radius 2 is 1.77 bits per heavy atom. The number of unbranched alkanes of at least 4 members (excludes halogenated alkanes) is 1. The molecule has 2 aromatic rings. The van der Waals surface area contributed by atoms with E-state index < -0.39 is 12.3 Å². The Labute approximate surface area is 234 Å². The molecule has 10 nitrogen and oxygen atoms in total. The van der Waals surface area contributed by atoms with Crippen LogP contribution in [0, 0.1) is 0 Å². The molecule has 0 saturated carbocycles. The second-order valence-electron chi connectivity index (χ2n) is 10.1. The Kier molecular flexibility index (Phi) is 9.20. The van der Waals surface area contributed by atoms with Crippen molar-refractivity contribution >= 4 is 11.9 Å². The van der Waals surface area contributed by atoms with Crippen molar-refractivity contribution in [2.24, 2.45) is 0 Å². The average Bonchev–Trinajstić information content (AvgIpc) is 3.47. The lowest BCUT2D eigenvalue weighted by atomic mass is 9.92. The van der Waals surface area contributed by atoms with Crippen LogP contribution >= 0.6 is 0 Å². The van der Waals surface area contributed by atoms with Gasteiger partial charge in [-0.25, -0.2) is 4.79 Å².